The Morgan fingerprint density at radius 2 is 1.80 bits per heavy atom. The lowest BCUT2D eigenvalue weighted by atomic mass is 9.86. The fourth-order valence-electron chi connectivity index (χ4n) is 4.39. The minimum absolute atomic E-state index is 0.509. The second kappa shape index (κ2) is 9.80. The van der Waals surface area contributed by atoms with Crippen LogP contribution in [-0.4, -0.2) is 31.7 Å². The standard InChI is InChI=1S/C25H31BrN4/c1-30(2)24-15-25(29-23-9-4-3-8-22(23)24)28-21-12-10-18(11-13-21)16-27-17-19-6-5-7-20(26)14-19/h3-9,14-15,18,21,27H,10-13,16-17H2,1-2H3,(H,28,29)/t18-,21+. The molecule has 1 fully saturated rings. The van der Waals surface area contributed by atoms with E-state index in [4.69, 9.17) is 4.98 Å². The molecule has 1 saturated carbocycles. The zero-order chi connectivity index (χ0) is 20.9. The summed E-state index contributed by atoms with van der Waals surface area (Å²) in [5.41, 5.74) is 3.60. The molecular weight excluding hydrogens is 436 g/mol. The Balaban J connectivity index is 1.29. The Morgan fingerprint density at radius 3 is 2.57 bits per heavy atom. The van der Waals surface area contributed by atoms with Gasteiger partial charge in [0.25, 0.3) is 0 Å². The van der Waals surface area contributed by atoms with Gasteiger partial charge in [-0.05, 0) is 61.9 Å². The molecule has 0 aliphatic heterocycles. The minimum atomic E-state index is 0.509. The molecule has 0 amide bonds. The number of nitrogens with zero attached hydrogens (tertiary/aromatic N) is 2. The number of fused-ring (bicyclic) bond motifs is 1. The molecule has 1 aromatic heterocycles. The Hall–Kier alpha value is -2.11. The summed E-state index contributed by atoms with van der Waals surface area (Å²) < 4.78 is 1.15. The molecule has 1 aliphatic rings. The molecule has 0 spiro atoms. The third-order valence-corrected chi connectivity index (χ3v) is 6.52. The fourth-order valence-corrected chi connectivity index (χ4v) is 4.84. The Kier molecular flexibility index (Phi) is 6.90. The first kappa shape index (κ1) is 21.1. The summed E-state index contributed by atoms with van der Waals surface area (Å²) in [4.78, 5) is 7.04. The molecule has 30 heavy (non-hydrogen) atoms. The van der Waals surface area contributed by atoms with E-state index in [0.717, 1.165) is 34.8 Å². The van der Waals surface area contributed by atoms with Gasteiger partial charge in [-0.25, -0.2) is 4.98 Å². The van der Waals surface area contributed by atoms with Crippen molar-refractivity contribution in [3.8, 4) is 0 Å². The summed E-state index contributed by atoms with van der Waals surface area (Å²) in [6.45, 7) is 2.03. The third-order valence-electron chi connectivity index (χ3n) is 6.03. The van der Waals surface area contributed by atoms with E-state index in [0.29, 0.717) is 6.04 Å². The summed E-state index contributed by atoms with van der Waals surface area (Å²) >= 11 is 3.55. The van der Waals surface area contributed by atoms with E-state index in [9.17, 15) is 0 Å². The molecule has 0 bridgehead atoms. The second-order valence-corrected chi connectivity index (χ2v) is 9.48. The quantitative estimate of drug-likeness (QED) is 0.459. The van der Waals surface area contributed by atoms with E-state index < -0.39 is 0 Å². The number of anilines is 2. The van der Waals surface area contributed by atoms with Gasteiger partial charge in [-0.3, -0.25) is 0 Å². The number of hydrogen-bond donors (Lipinski definition) is 2. The van der Waals surface area contributed by atoms with Crippen LogP contribution in [0.25, 0.3) is 10.9 Å². The fraction of sp³-hybridized carbons (Fsp3) is 0.400. The monoisotopic (exact) mass is 466 g/mol. The first-order valence-corrected chi connectivity index (χ1v) is 11.7. The lowest BCUT2D eigenvalue weighted by Crippen LogP contribution is -2.31. The molecule has 0 saturated heterocycles. The highest BCUT2D eigenvalue weighted by atomic mass is 79.9. The number of hydrogen-bond acceptors (Lipinski definition) is 4. The van der Waals surface area contributed by atoms with Crippen LogP contribution in [0, 0.1) is 5.92 Å². The topological polar surface area (TPSA) is 40.2 Å². The molecule has 5 heteroatoms. The molecule has 2 aromatic carbocycles. The normalized spacial score (nSPS) is 19.0. The van der Waals surface area contributed by atoms with Gasteiger partial charge in [0, 0.05) is 48.3 Å². The van der Waals surface area contributed by atoms with Gasteiger partial charge < -0.3 is 15.5 Å². The largest absolute Gasteiger partial charge is 0.377 e. The molecule has 0 atom stereocenters. The molecule has 2 N–H and O–H groups in total. The van der Waals surface area contributed by atoms with Crippen LogP contribution in [0.15, 0.2) is 59.1 Å². The highest BCUT2D eigenvalue weighted by molar-refractivity contribution is 9.10. The SMILES string of the molecule is CN(C)c1cc(N[C@H]2CC[C@@H](CNCc3cccc(Br)c3)CC2)nc2ccccc12. The van der Waals surface area contributed by atoms with Crippen LogP contribution < -0.4 is 15.5 Å². The zero-order valence-corrected chi connectivity index (χ0v) is 19.5. The van der Waals surface area contributed by atoms with Crippen molar-refractivity contribution in [3.63, 3.8) is 0 Å². The van der Waals surface area contributed by atoms with Crippen molar-refractivity contribution in [2.75, 3.05) is 30.9 Å². The van der Waals surface area contributed by atoms with Crippen LogP contribution in [0.3, 0.4) is 0 Å². The zero-order valence-electron chi connectivity index (χ0n) is 17.9. The Morgan fingerprint density at radius 1 is 1.00 bits per heavy atom. The summed E-state index contributed by atoms with van der Waals surface area (Å²) in [5.74, 6) is 1.76. The van der Waals surface area contributed by atoms with Crippen molar-refractivity contribution in [3.05, 3.63) is 64.6 Å². The highest BCUT2D eigenvalue weighted by Crippen LogP contribution is 2.30. The predicted molar refractivity (Wildman–Crippen MR) is 131 cm³/mol. The summed E-state index contributed by atoms with van der Waals surface area (Å²) in [5, 5.41) is 8.56. The summed E-state index contributed by atoms with van der Waals surface area (Å²) in [6.07, 6.45) is 4.93. The van der Waals surface area contributed by atoms with Crippen molar-refractivity contribution in [1.82, 2.24) is 10.3 Å². The van der Waals surface area contributed by atoms with Crippen molar-refractivity contribution in [1.29, 1.82) is 0 Å². The first-order chi connectivity index (χ1) is 14.6. The maximum atomic E-state index is 4.87. The van der Waals surface area contributed by atoms with E-state index in [1.807, 2.05) is 0 Å². The third kappa shape index (κ3) is 5.32. The molecular formula is C25H31BrN4. The number of rotatable bonds is 7. The van der Waals surface area contributed by atoms with Gasteiger partial charge in [0.2, 0.25) is 0 Å². The maximum absolute atomic E-state index is 4.87. The van der Waals surface area contributed by atoms with Crippen LogP contribution in [0.5, 0.6) is 0 Å². The number of aromatic nitrogens is 1. The lowest BCUT2D eigenvalue weighted by Gasteiger charge is -2.30. The van der Waals surface area contributed by atoms with E-state index in [2.05, 4.69) is 100 Å². The highest BCUT2D eigenvalue weighted by Gasteiger charge is 2.21. The first-order valence-electron chi connectivity index (χ1n) is 10.9. The van der Waals surface area contributed by atoms with Crippen molar-refractivity contribution < 1.29 is 0 Å². The molecule has 1 aliphatic carbocycles. The Labute approximate surface area is 188 Å². The van der Waals surface area contributed by atoms with E-state index in [1.54, 1.807) is 0 Å². The summed E-state index contributed by atoms with van der Waals surface area (Å²) in [7, 11) is 4.19. The van der Waals surface area contributed by atoms with Gasteiger partial charge in [-0.15, -0.1) is 0 Å². The van der Waals surface area contributed by atoms with Crippen LogP contribution in [-0.2, 0) is 6.54 Å². The van der Waals surface area contributed by atoms with Crippen LogP contribution >= 0.6 is 15.9 Å². The van der Waals surface area contributed by atoms with Gasteiger partial charge in [0.1, 0.15) is 5.82 Å². The van der Waals surface area contributed by atoms with Crippen LogP contribution in [0.1, 0.15) is 31.2 Å². The lowest BCUT2D eigenvalue weighted by molar-refractivity contribution is 0.324. The van der Waals surface area contributed by atoms with Gasteiger partial charge >= 0.3 is 0 Å². The predicted octanol–water partition coefficient (Wildman–Crippen LogP) is 5.82. The molecule has 4 rings (SSSR count). The van der Waals surface area contributed by atoms with Gasteiger partial charge in [-0.2, -0.15) is 0 Å². The second-order valence-electron chi connectivity index (χ2n) is 8.56. The van der Waals surface area contributed by atoms with Gasteiger partial charge in [0.05, 0.1) is 5.52 Å². The summed E-state index contributed by atoms with van der Waals surface area (Å²) in [6, 6.07) is 19.6. The average Bonchev–Trinajstić information content (AvgIpc) is 2.74. The smallest absolute Gasteiger partial charge is 0.128 e. The van der Waals surface area contributed by atoms with E-state index in [-0.39, 0.29) is 0 Å². The Bertz CT molecular complexity index is 980. The van der Waals surface area contributed by atoms with Crippen molar-refractivity contribution in [2.24, 2.45) is 5.92 Å². The van der Waals surface area contributed by atoms with E-state index in [1.165, 1.54) is 42.3 Å². The number of pyridine rings is 1. The molecule has 4 nitrogen and oxygen atoms in total. The molecule has 1 heterocycles. The number of para-hydroxylation sites is 1. The number of nitrogens with one attached hydrogen (secondary N) is 2. The maximum Gasteiger partial charge on any atom is 0.128 e. The minimum Gasteiger partial charge on any atom is -0.377 e. The van der Waals surface area contributed by atoms with Gasteiger partial charge in [-0.1, -0.05) is 46.3 Å². The molecule has 3 aromatic rings. The van der Waals surface area contributed by atoms with Crippen molar-refractivity contribution >= 4 is 38.3 Å². The average molecular weight is 467 g/mol. The van der Waals surface area contributed by atoms with E-state index >= 15 is 0 Å². The van der Waals surface area contributed by atoms with Crippen molar-refractivity contribution in [2.45, 2.75) is 38.3 Å². The number of benzene rings is 2. The van der Waals surface area contributed by atoms with Crippen LogP contribution in [0.2, 0.25) is 0 Å². The molecule has 0 radical (unpaired) electrons. The molecule has 158 valence electrons. The van der Waals surface area contributed by atoms with Gasteiger partial charge in [0.15, 0.2) is 0 Å². The molecule has 0 unspecified atom stereocenters. The number of halogens is 1. The van der Waals surface area contributed by atoms with Crippen LogP contribution in [0.4, 0.5) is 11.5 Å².